The first-order valence-corrected chi connectivity index (χ1v) is 3.16. The van der Waals surface area contributed by atoms with E-state index in [2.05, 4.69) is 5.32 Å². The van der Waals surface area contributed by atoms with Crippen molar-refractivity contribution >= 4 is 5.91 Å². The Morgan fingerprint density at radius 2 is 2.44 bits per heavy atom. The van der Waals surface area contributed by atoms with Crippen molar-refractivity contribution in [2.75, 3.05) is 20.1 Å². The van der Waals surface area contributed by atoms with E-state index in [0.717, 1.165) is 6.54 Å². The fourth-order valence-corrected chi connectivity index (χ4v) is 1.14. The largest absolute Gasteiger partial charge is 0.351 e. The summed E-state index contributed by atoms with van der Waals surface area (Å²) in [5.74, 6) is 0.135. The van der Waals surface area contributed by atoms with E-state index in [-0.39, 0.29) is 5.91 Å². The molecule has 0 saturated carbocycles. The second-order valence-corrected chi connectivity index (χ2v) is 2.67. The van der Waals surface area contributed by atoms with Crippen LogP contribution in [-0.2, 0) is 4.79 Å². The molecule has 0 aromatic carbocycles. The average Bonchev–Trinajstić information content (AvgIpc) is 1.59. The number of likely N-dealkylation sites (N-methyl/N-ethyl adjacent to an activating group) is 1. The molecule has 1 unspecified atom stereocenters. The lowest BCUT2D eigenvalue weighted by molar-refractivity contribution is -0.124. The summed E-state index contributed by atoms with van der Waals surface area (Å²) in [6, 6.07) is 0.316. The van der Waals surface area contributed by atoms with Crippen LogP contribution in [0.5, 0.6) is 0 Å². The predicted molar refractivity (Wildman–Crippen MR) is 35.1 cm³/mol. The minimum Gasteiger partial charge on any atom is -0.351 e. The number of hydrogen-bond acceptors (Lipinski definition) is 2. The summed E-state index contributed by atoms with van der Waals surface area (Å²) in [6.45, 7) is 3.52. The molecule has 1 amide bonds. The van der Waals surface area contributed by atoms with Gasteiger partial charge in [0.05, 0.1) is 6.54 Å². The van der Waals surface area contributed by atoms with Crippen molar-refractivity contribution < 1.29 is 4.79 Å². The molecule has 0 spiro atoms. The van der Waals surface area contributed by atoms with Gasteiger partial charge in [-0.25, -0.2) is 0 Å². The maximum atomic E-state index is 10.7. The third kappa shape index (κ3) is 1.68. The fourth-order valence-electron chi connectivity index (χ4n) is 1.14. The predicted octanol–water partition coefficient (Wildman–Crippen LogP) is -0.563. The number of hydrogen-bond donors (Lipinski definition) is 1. The van der Waals surface area contributed by atoms with Crippen molar-refractivity contribution in [3.05, 3.63) is 0 Å². The van der Waals surface area contributed by atoms with Crippen LogP contribution in [0, 0.1) is 0 Å². The lowest BCUT2D eigenvalue weighted by Gasteiger charge is -2.27. The molecule has 1 aliphatic rings. The fraction of sp³-hybridized carbons (Fsp3) is 0.833. The van der Waals surface area contributed by atoms with E-state index in [0.29, 0.717) is 12.6 Å². The minimum absolute atomic E-state index is 0.135. The van der Waals surface area contributed by atoms with Gasteiger partial charge in [0.25, 0.3) is 0 Å². The van der Waals surface area contributed by atoms with Crippen LogP contribution in [0.4, 0.5) is 0 Å². The van der Waals surface area contributed by atoms with Crippen molar-refractivity contribution in [1.82, 2.24) is 10.2 Å². The van der Waals surface area contributed by atoms with E-state index in [9.17, 15) is 4.79 Å². The molecular weight excluding hydrogens is 116 g/mol. The number of nitrogens with one attached hydrogen (secondary N) is 1. The van der Waals surface area contributed by atoms with Gasteiger partial charge in [0.15, 0.2) is 0 Å². The number of piperazine rings is 1. The van der Waals surface area contributed by atoms with Gasteiger partial charge >= 0.3 is 0 Å². The van der Waals surface area contributed by atoms with E-state index >= 15 is 0 Å². The zero-order valence-corrected chi connectivity index (χ0v) is 5.85. The van der Waals surface area contributed by atoms with Crippen LogP contribution in [0.15, 0.2) is 0 Å². The number of nitrogens with zero attached hydrogens (tertiary/aromatic N) is 1. The van der Waals surface area contributed by atoms with E-state index < -0.39 is 0 Å². The van der Waals surface area contributed by atoms with Crippen LogP contribution in [-0.4, -0.2) is 37.0 Å². The van der Waals surface area contributed by atoms with Gasteiger partial charge in [-0.2, -0.15) is 0 Å². The molecule has 9 heavy (non-hydrogen) atoms. The summed E-state index contributed by atoms with van der Waals surface area (Å²) in [7, 11) is 1.95. The summed E-state index contributed by atoms with van der Waals surface area (Å²) >= 11 is 0. The molecule has 3 heteroatoms. The van der Waals surface area contributed by atoms with Gasteiger partial charge in [-0.15, -0.1) is 0 Å². The number of carbonyl (C=O) groups excluding carboxylic acids is 1. The number of amides is 1. The van der Waals surface area contributed by atoms with Gasteiger partial charge in [0.1, 0.15) is 0 Å². The van der Waals surface area contributed by atoms with Crippen LogP contribution in [0.25, 0.3) is 0 Å². The van der Waals surface area contributed by atoms with Crippen molar-refractivity contribution in [2.45, 2.75) is 13.0 Å². The van der Waals surface area contributed by atoms with E-state index in [4.69, 9.17) is 0 Å². The highest BCUT2D eigenvalue weighted by molar-refractivity contribution is 5.79. The first-order chi connectivity index (χ1) is 4.18. The van der Waals surface area contributed by atoms with Gasteiger partial charge in [-0.1, -0.05) is 0 Å². The van der Waals surface area contributed by atoms with Crippen LogP contribution >= 0.6 is 0 Å². The molecule has 3 nitrogen and oxygen atoms in total. The topological polar surface area (TPSA) is 32.3 Å². The SMILES string of the molecule is CC1CN(C)CC(=O)N1. The maximum absolute atomic E-state index is 10.7. The van der Waals surface area contributed by atoms with E-state index in [1.165, 1.54) is 0 Å². The molecule has 52 valence electrons. The van der Waals surface area contributed by atoms with Gasteiger partial charge in [0.2, 0.25) is 5.91 Å². The molecule has 1 aliphatic heterocycles. The van der Waals surface area contributed by atoms with Crippen molar-refractivity contribution in [3.8, 4) is 0 Å². The van der Waals surface area contributed by atoms with E-state index in [1.807, 2.05) is 18.9 Å². The van der Waals surface area contributed by atoms with Gasteiger partial charge < -0.3 is 5.32 Å². The summed E-state index contributed by atoms with van der Waals surface area (Å²) in [5.41, 5.74) is 0. The monoisotopic (exact) mass is 128 g/mol. The van der Waals surface area contributed by atoms with Crippen LogP contribution < -0.4 is 5.32 Å². The average molecular weight is 128 g/mol. The third-order valence-corrected chi connectivity index (χ3v) is 1.41. The highest BCUT2D eigenvalue weighted by Crippen LogP contribution is 1.94. The molecule has 0 aliphatic carbocycles. The Morgan fingerprint density at radius 1 is 1.78 bits per heavy atom. The molecule has 1 rings (SSSR count). The Bertz CT molecular complexity index is 112. The lowest BCUT2D eigenvalue weighted by Crippen LogP contribution is -2.51. The quantitative estimate of drug-likeness (QED) is 0.474. The summed E-state index contributed by atoms with van der Waals surface area (Å²) in [5, 5.41) is 2.83. The first kappa shape index (κ1) is 6.55. The highest BCUT2D eigenvalue weighted by atomic mass is 16.2. The maximum Gasteiger partial charge on any atom is 0.234 e. The van der Waals surface area contributed by atoms with E-state index in [1.54, 1.807) is 0 Å². The zero-order valence-electron chi connectivity index (χ0n) is 5.85. The van der Waals surface area contributed by atoms with Crippen LogP contribution in [0.3, 0.4) is 0 Å². The summed E-state index contributed by atoms with van der Waals surface area (Å²) < 4.78 is 0. The Morgan fingerprint density at radius 3 is 2.89 bits per heavy atom. The molecule has 1 saturated heterocycles. The summed E-state index contributed by atoms with van der Waals surface area (Å²) in [6.07, 6.45) is 0. The number of carbonyl (C=O) groups is 1. The molecule has 0 radical (unpaired) electrons. The molecular formula is C6H12N2O. The normalized spacial score (nSPS) is 30.0. The molecule has 1 heterocycles. The van der Waals surface area contributed by atoms with Crippen LogP contribution in [0.1, 0.15) is 6.92 Å². The van der Waals surface area contributed by atoms with Crippen molar-refractivity contribution in [1.29, 1.82) is 0 Å². The van der Waals surface area contributed by atoms with Crippen molar-refractivity contribution in [3.63, 3.8) is 0 Å². The second kappa shape index (κ2) is 2.35. The van der Waals surface area contributed by atoms with Gasteiger partial charge in [-0.3, -0.25) is 9.69 Å². The Kier molecular flexibility index (Phi) is 1.71. The molecule has 0 aromatic rings. The smallest absolute Gasteiger partial charge is 0.234 e. The second-order valence-electron chi connectivity index (χ2n) is 2.67. The third-order valence-electron chi connectivity index (χ3n) is 1.41. The van der Waals surface area contributed by atoms with Gasteiger partial charge in [0, 0.05) is 12.6 Å². The molecule has 1 fully saturated rings. The van der Waals surface area contributed by atoms with Gasteiger partial charge in [-0.05, 0) is 14.0 Å². The number of rotatable bonds is 0. The van der Waals surface area contributed by atoms with Crippen molar-refractivity contribution in [2.24, 2.45) is 0 Å². The molecule has 1 N–H and O–H groups in total. The highest BCUT2D eigenvalue weighted by Gasteiger charge is 2.17. The van der Waals surface area contributed by atoms with Crippen LogP contribution in [0.2, 0.25) is 0 Å². The Balaban J connectivity index is 2.43. The molecule has 1 atom stereocenters. The molecule has 0 bridgehead atoms. The lowest BCUT2D eigenvalue weighted by atomic mass is 10.2. The molecule has 0 aromatic heterocycles. The summed E-state index contributed by atoms with van der Waals surface area (Å²) in [4.78, 5) is 12.7. The zero-order chi connectivity index (χ0) is 6.85. The minimum atomic E-state index is 0.135. The first-order valence-electron chi connectivity index (χ1n) is 3.16. The Labute approximate surface area is 55.0 Å². The Hall–Kier alpha value is -0.570. The standard InChI is InChI=1S/C6H12N2O/c1-5-3-8(2)4-6(9)7-5/h5H,3-4H2,1-2H3,(H,7,9).